The maximum Gasteiger partial charge on any atom is 0.241 e. The van der Waals surface area contributed by atoms with Gasteiger partial charge in [-0.2, -0.15) is 0 Å². The van der Waals surface area contributed by atoms with Crippen LogP contribution in [0.15, 0.2) is 18.2 Å². The van der Waals surface area contributed by atoms with E-state index in [2.05, 4.69) is 15.1 Å². The van der Waals surface area contributed by atoms with E-state index in [9.17, 15) is 14.0 Å². The molecule has 0 aromatic heterocycles. The van der Waals surface area contributed by atoms with Crippen LogP contribution in [0.3, 0.4) is 0 Å². The zero-order valence-electron chi connectivity index (χ0n) is 17.0. The molecule has 0 radical (unpaired) electrons. The van der Waals surface area contributed by atoms with E-state index < -0.39 is 5.82 Å². The minimum Gasteiger partial charge on any atom is -0.342 e. The van der Waals surface area contributed by atoms with E-state index in [-0.39, 0.29) is 23.5 Å². The second kappa shape index (κ2) is 10.4. The molecule has 2 heterocycles. The van der Waals surface area contributed by atoms with E-state index in [0.717, 1.165) is 39.0 Å². The Kier molecular flexibility index (Phi) is 7.86. The second-order valence-electron chi connectivity index (χ2n) is 7.90. The van der Waals surface area contributed by atoms with Gasteiger partial charge in [0.2, 0.25) is 11.8 Å². The van der Waals surface area contributed by atoms with Crippen LogP contribution in [-0.2, 0) is 9.59 Å². The zero-order chi connectivity index (χ0) is 20.8. The largest absolute Gasteiger partial charge is 0.342 e. The van der Waals surface area contributed by atoms with Gasteiger partial charge < -0.3 is 10.2 Å². The molecule has 160 valence electrons. The third-order valence-corrected chi connectivity index (χ3v) is 6.08. The van der Waals surface area contributed by atoms with Gasteiger partial charge in [-0.15, -0.1) is 0 Å². The molecule has 0 spiro atoms. The van der Waals surface area contributed by atoms with Gasteiger partial charge in [0, 0.05) is 44.3 Å². The molecule has 0 saturated carbocycles. The molecule has 2 fully saturated rings. The summed E-state index contributed by atoms with van der Waals surface area (Å²) < 4.78 is 13.9. The van der Waals surface area contributed by atoms with Crippen LogP contribution < -0.4 is 5.32 Å². The molecule has 0 aliphatic carbocycles. The van der Waals surface area contributed by atoms with Gasteiger partial charge in [0.1, 0.15) is 5.82 Å². The van der Waals surface area contributed by atoms with Crippen LogP contribution in [0, 0.1) is 5.82 Å². The highest BCUT2D eigenvalue weighted by atomic mass is 35.5. The van der Waals surface area contributed by atoms with Crippen molar-refractivity contribution >= 4 is 29.1 Å². The molecule has 6 nitrogen and oxygen atoms in total. The van der Waals surface area contributed by atoms with Gasteiger partial charge in [0.25, 0.3) is 0 Å². The van der Waals surface area contributed by atoms with Crippen LogP contribution >= 0.6 is 11.6 Å². The third kappa shape index (κ3) is 6.14. The van der Waals surface area contributed by atoms with Crippen molar-refractivity contribution in [2.45, 2.75) is 38.6 Å². The zero-order valence-corrected chi connectivity index (χ0v) is 17.8. The summed E-state index contributed by atoms with van der Waals surface area (Å²) in [6.45, 7) is 6.90. The molecule has 0 bridgehead atoms. The summed E-state index contributed by atoms with van der Waals surface area (Å²) in [7, 11) is 0. The smallest absolute Gasteiger partial charge is 0.241 e. The predicted octanol–water partition coefficient (Wildman–Crippen LogP) is 2.83. The van der Waals surface area contributed by atoms with E-state index in [1.54, 1.807) is 6.07 Å². The molecule has 1 atom stereocenters. The van der Waals surface area contributed by atoms with Crippen LogP contribution in [0.2, 0.25) is 5.02 Å². The van der Waals surface area contributed by atoms with E-state index in [1.165, 1.54) is 25.0 Å². The average Bonchev–Trinajstić information content (AvgIpc) is 3.00. The van der Waals surface area contributed by atoms with Crippen molar-refractivity contribution < 1.29 is 14.0 Å². The molecule has 2 amide bonds. The van der Waals surface area contributed by atoms with Crippen LogP contribution in [0.25, 0.3) is 0 Å². The Morgan fingerprint density at radius 3 is 2.34 bits per heavy atom. The highest BCUT2D eigenvalue weighted by Gasteiger charge is 2.27. The molecule has 2 saturated heterocycles. The Balaban J connectivity index is 1.45. The number of hydrogen-bond acceptors (Lipinski definition) is 4. The Bertz CT molecular complexity index is 717. The number of nitrogens with zero attached hydrogens (tertiary/aromatic N) is 3. The molecule has 1 aromatic rings. The molecule has 1 N–H and O–H groups in total. The second-order valence-corrected chi connectivity index (χ2v) is 8.33. The monoisotopic (exact) mass is 424 g/mol. The van der Waals surface area contributed by atoms with Crippen molar-refractivity contribution in [2.75, 3.05) is 51.1 Å². The Hall–Kier alpha value is -1.70. The molecular weight excluding hydrogens is 395 g/mol. The van der Waals surface area contributed by atoms with Crippen molar-refractivity contribution in [3.8, 4) is 0 Å². The molecule has 2 aliphatic rings. The molecule has 2 aliphatic heterocycles. The summed E-state index contributed by atoms with van der Waals surface area (Å²) in [5.41, 5.74) is 0.132. The van der Waals surface area contributed by atoms with Gasteiger partial charge >= 0.3 is 0 Å². The first-order chi connectivity index (χ1) is 13.9. The van der Waals surface area contributed by atoms with Crippen LogP contribution in [-0.4, -0.2) is 78.4 Å². The van der Waals surface area contributed by atoms with Crippen molar-refractivity contribution in [2.24, 2.45) is 0 Å². The van der Waals surface area contributed by atoms with Crippen LogP contribution in [0.4, 0.5) is 10.1 Å². The fourth-order valence-electron chi connectivity index (χ4n) is 3.91. The van der Waals surface area contributed by atoms with Gasteiger partial charge in [-0.05, 0) is 38.0 Å². The number of piperazine rings is 1. The molecule has 1 aromatic carbocycles. The van der Waals surface area contributed by atoms with Gasteiger partial charge in [-0.3, -0.25) is 19.4 Å². The van der Waals surface area contributed by atoms with Gasteiger partial charge in [-0.25, -0.2) is 4.39 Å². The number of rotatable bonds is 5. The van der Waals surface area contributed by atoms with Crippen molar-refractivity contribution in [1.82, 2.24) is 14.7 Å². The fraction of sp³-hybridized carbons (Fsp3) is 0.619. The molecular formula is C21H30ClFN4O2. The SMILES string of the molecule is C[C@@H](C(=O)Nc1ccc(Cl)cc1F)N1CCN(CC(=O)N2CCCCCC2)CC1. The Morgan fingerprint density at radius 2 is 1.72 bits per heavy atom. The lowest BCUT2D eigenvalue weighted by Gasteiger charge is -2.37. The normalized spacial score (nSPS) is 20.2. The maximum atomic E-state index is 13.9. The highest BCUT2D eigenvalue weighted by molar-refractivity contribution is 6.30. The van der Waals surface area contributed by atoms with Crippen molar-refractivity contribution in [3.63, 3.8) is 0 Å². The average molecular weight is 425 g/mol. The number of amides is 2. The van der Waals surface area contributed by atoms with Gasteiger partial charge in [0.05, 0.1) is 18.3 Å². The lowest BCUT2D eigenvalue weighted by Crippen LogP contribution is -2.54. The summed E-state index contributed by atoms with van der Waals surface area (Å²) in [5.74, 6) is -0.584. The standard InChI is InChI=1S/C21H30ClFN4O2/c1-16(21(29)24-19-7-6-17(22)14-18(19)23)26-12-10-25(11-13-26)15-20(28)27-8-4-2-3-5-9-27/h6-7,14,16H,2-5,8-13,15H2,1H3,(H,24,29)/t16-/m0/s1. The maximum absolute atomic E-state index is 13.9. The van der Waals surface area contributed by atoms with Gasteiger partial charge in [0.15, 0.2) is 0 Å². The Morgan fingerprint density at radius 1 is 1.07 bits per heavy atom. The Labute approximate surface area is 177 Å². The summed E-state index contributed by atoms with van der Waals surface area (Å²) in [6.07, 6.45) is 4.62. The number of nitrogens with one attached hydrogen (secondary N) is 1. The van der Waals surface area contributed by atoms with E-state index in [1.807, 2.05) is 11.8 Å². The third-order valence-electron chi connectivity index (χ3n) is 5.84. The first-order valence-corrected chi connectivity index (χ1v) is 10.8. The van der Waals surface area contributed by atoms with Crippen LogP contribution in [0.5, 0.6) is 0 Å². The van der Waals surface area contributed by atoms with E-state index >= 15 is 0 Å². The number of carbonyl (C=O) groups excluding carboxylic acids is 2. The molecule has 8 heteroatoms. The number of carbonyl (C=O) groups is 2. The summed E-state index contributed by atoms with van der Waals surface area (Å²) in [5, 5.41) is 2.93. The highest BCUT2D eigenvalue weighted by Crippen LogP contribution is 2.19. The number of anilines is 1. The van der Waals surface area contributed by atoms with E-state index in [0.29, 0.717) is 24.7 Å². The van der Waals surface area contributed by atoms with Crippen molar-refractivity contribution in [3.05, 3.63) is 29.0 Å². The first kappa shape index (κ1) is 22.0. The minimum atomic E-state index is -0.546. The number of likely N-dealkylation sites (tertiary alicyclic amines) is 1. The quantitative estimate of drug-likeness (QED) is 0.789. The van der Waals surface area contributed by atoms with Crippen molar-refractivity contribution in [1.29, 1.82) is 0 Å². The summed E-state index contributed by atoms with van der Waals surface area (Å²) >= 11 is 5.75. The van der Waals surface area contributed by atoms with Gasteiger partial charge in [-0.1, -0.05) is 24.4 Å². The topological polar surface area (TPSA) is 55.9 Å². The lowest BCUT2D eigenvalue weighted by atomic mass is 10.2. The lowest BCUT2D eigenvalue weighted by molar-refractivity contribution is -0.133. The summed E-state index contributed by atoms with van der Waals surface area (Å²) in [6, 6.07) is 3.82. The minimum absolute atomic E-state index is 0.132. The fourth-order valence-corrected chi connectivity index (χ4v) is 4.07. The van der Waals surface area contributed by atoms with Crippen LogP contribution in [0.1, 0.15) is 32.6 Å². The summed E-state index contributed by atoms with van der Waals surface area (Å²) in [4.78, 5) is 31.3. The molecule has 3 rings (SSSR count). The molecule has 29 heavy (non-hydrogen) atoms. The molecule has 0 unspecified atom stereocenters. The number of hydrogen-bond donors (Lipinski definition) is 1. The number of benzene rings is 1. The predicted molar refractivity (Wildman–Crippen MR) is 113 cm³/mol. The first-order valence-electron chi connectivity index (χ1n) is 10.4. The number of halogens is 2. The van der Waals surface area contributed by atoms with E-state index in [4.69, 9.17) is 11.6 Å².